The second-order valence-corrected chi connectivity index (χ2v) is 6.48. The lowest BCUT2D eigenvalue weighted by molar-refractivity contribution is -0.383. The zero-order valence-electron chi connectivity index (χ0n) is 14.6. The second-order valence-electron chi connectivity index (χ2n) is 6.48. The van der Waals surface area contributed by atoms with Gasteiger partial charge >= 0.3 is 0 Å². The zero-order chi connectivity index (χ0) is 19.4. The van der Waals surface area contributed by atoms with Crippen LogP contribution in [0.2, 0.25) is 0 Å². The molecular formula is C19H20N4O4. The van der Waals surface area contributed by atoms with Crippen LogP contribution in [0.1, 0.15) is 23.2 Å². The number of hydrogen-bond donors (Lipinski definition) is 2. The first-order valence-electron chi connectivity index (χ1n) is 8.65. The van der Waals surface area contributed by atoms with Gasteiger partial charge in [-0.25, -0.2) is 0 Å². The summed E-state index contributed by atoms with van der Waals surface area (Å²) in [6.07, 6.45) is 1.38. The number of carbonyl (C=O) groups is 2. The quantitative estimate of drug-likeness (QED) is 0.488. The van der Waals surface area contributed by atoms with Gasteiger partial charge in [0.25, 0.3) is 11.6 Å². The Bertz CT molecular complexity index is 869. The number of likely N-dealkylation sites (tertiary alicyclic amines) is 1. The van der Waals surface area contributed by atoms with Crippen molar-refractivity contribution in [3.8, 4) is 0 Å². The minimum atomic E-state index is -0.613. The second kappa shape index (κ2) is 7.86. The highest BCUT2D eigenvalue weighted by atomic mass is 16.6. The molecule has 0 spiro atoms. The molecule has 0 saturated carbocycles. The van der Waals surface area contributed by atoms with E-state index in [0.717, 1.165) is 0 Å². The van der Waals surface area contributed by atoms with Gasteiger partial charge in [0.2, 0.25) is 5.91 Å². The van der Waals surface area contributed by atoms with Crippen LogP contribution >= 0.6 is 0 Å². The third kappa shape index (κ3) is 4.22. The number of anilines is 2. The van der Waals surface area contributed by atoms with E-state index in [2.05, 4.69) is 5.32 Å². The summed E-state index contributed by atoms with van der Waals surface area (Å²) in [5.41, 5.74) is 6.20. The maximum absolute atomic E-state index is 12.7. The monoisotopic (exact) mass is 368 g/mol. The number of rotatable bonds is 4. The van der Waals surface area contributed by atoms with E-state index in [-0.39, 0.29) is 41.2 Å². The number of nitro groups is 1. The van der Waals surface area contributed by atoms with Crippen LogP contribution in [0.3, 0.4) is 0 Å². The van der Waals surface area contributed by atoms with Gasteiger partial charge in [-0.15, -0.1) is 0 Å². The van der Waals surface area contributed by atoms with Crippen molar-refractivity contribution in [3.05, 3.63) is 64.2 Å². The Labute approximate surface area is 156 Å². The highest BCUT2D eigenvalue weighted by molar-refractivity contribution is 5.97. The summed E-state index contributed by atoms with van der Waals surface area (Å²) in [7, 11) is 0. The molecule has 1 aliphatic heterocycles. The van der Waals surface area contributed by atoms with E-state index in [1.807, 2.05) is 18.2 Å². The molecular weight excluding hydrogens is 348 g/mol. The first kappa shape index (κ1) is 18.4. The van der Waals surface area contributed by atoms with Crippen LogP contribution in [0, 0.1) is 16.0 Å². The van der Waals surface area contributed by atoms with Gasteiger partial charge in [-0.05, 0) is 37.1 Å². The van der Waals surface area contributed by atoms with Gasteiger partial charge in [-0.1, -0.05) is 18.2 Å². The lowest BCUT2D eigenvalue weighted by Gasteiger charge is -2.32. The van der Waals surface area contributed by atoms with Crippen molar-refractivity contribution in [3.63, 3.8) is 0 Å². The van der Waals surface area contributed by atoms with E-state index in [9.17, 15) is 19.7 Å². The molecule has 8 nitrogen and oxygen atoms in total. The number of nitrogens with two attached hydrogens (primary N) is 1. The molecule has 1 unspecified atom stereocenters. The van der Waals surface area contributed by atoms with Crippen molar-refractivity contribution in [2.45, 2.75) is 12.8 Å². The van der Waals surface area contributed by atoms with Gasteiger partial charge in [-0.3, -0.25) is 19.7 Å². The summed E-state index contributed by atoms with van der Waals surface area (Å²) < 4.78 is 0. The van der Waals surface area contributed by atoms with Crippen LogP contribution < -0.4 is 11.1 Å². The molecule has 8 heteroatoms. The van der Waals surface area contributed by atoms with E-state index < -0.39 is 4.92 Å². The Balaban J connectivity index is 1.70. The normalized spacial score (nSPS) is 16.6. The van der Waals surface area contributed by atoms with Crippen LogP contribution in [0.25, 0.3) is 0 Å². The lowest BCUT2D eigenvalue weighted by Crippen LogP contribution is -2.43. The summed E-state index contributed by atoms with van der Waals surface area (Å²) in [5, 5.41) is 13.9. The van der Waals surface area contributed by atoms with Gasteiger partial charge < -0.3 is 16.0 Å². The van der Waals surface area contributed by atoms with Gasteiger partial charge in [-0.2, -0.15) is 0 Å². The first-order valence-corrected chi connectivity index (χ1v) is 8.65. The number of hydrogen-bond acceptors (Lipinski definition) is 5. The fraction of sp³-hybridized carbons (Fsp3) is 0.263. The predicted octanol–water partition coefficient (Wildman–Crippen LogP) is 2.67. The number of para-hydroxylation sites is 1. The zero-order valence-corrected chi connectivity index (χ0v) is 14.6. The molecule has 3 rings (SSSR count). The van der Waals surface area contributed by atoms with Crippen LogP contribution in [-0.4, -0.2) is 34.7 Å². The van der Waals surface area contributed by atoms with E-state index in [4.69, 9.17) is 5.73 Å². The minimum Gasteiger partial charge on any atom is -0.393 e. The summed E-state index contributed by atoms with van der Waals surface area (Å²) in [6, 6.07) is 13.1. The number of benzene rings is 2. The molecule has 2 aromatic carbocycles. The van der Waals surface area contributed by atoms with Gasteiger partial charge in [0, 0.05) is 30.4 Å². The Morgan fingerprint density at radius 2 is 1.93 bits per heavy atom. The molecule has 0 radical (unpaired) electrons. The maximum Gasteiger partial charge on any atom is 0.292 e. The molecule has 1 aliphatic rings. The Morgan fingerprint density at radius 3 is 2.63 bits per heavy atom. The summed E-state index contributed by atoms with van der Waals surface area (Å²) in [5.74, 6) is -0.802. The van der Waals surface area contributed by atoms with Crippen molar-refractivity contribution in [1.82, 2.24) is 4.90 Å². The maximum atomic E-state index is 12.7. The standard InChI is InChI=1S/C19H20N4O4/c20-16-9-8-13(11-17(16)23(26)27)19(25)22-10-4-5-14(12-22)18(24)21-15-6-2-1-3-7-15/h1-3,6-9,11,14H,4-5,10,12,20H2,(H,21,24). The molecule has 0 aliphatic carbocycles. The SMILES string of the molecule is Nc1ccc(C(=O)N2CCCC(C(=O)Nc3ccccc3)C2)cc1[N+](=O)[O-]. The third-order valence-electron chi connectivity index (χ3n) is 4.59. The van der Waals surface area contributed by atoms with Crippen LogP contribution in [-0.2, 0) is 4.79 Å². The highest BCUT2D eigenvalue weighted by Gasteiger charge is 2.29. The molecule has 0 aromatic heterocycles. The van der Waals surface area contributed by atoms with Crippen LogP contribution in [0.15, 0.2) is 48.5 Å². The number of nitrogens with one attached hydrogen (secondary N) is 1. The van der Waals surface area contributed by atoms with Crippen LogP contribution in [0.5, 0.6) is 0 Å². The molecule has 0 bridgehead atoms. The first-order chi connectivity index (χ1) is 13.0. The smallest absolute Gasteiger partial charge is 0.292 e. The van der Waals surface area contributed by atoms with Crippen molar-refractivity contribution < 1.29 is 14.5 Å². The highest BCUT2D eigenvalue weighted by Crippen LogP contribution is 2.25. The number of carbonyl (C=O) groups excluding carboxylic acids is 2. The third-order valence-corrected chi connectivity index (χ3v) is 4.59. The van der Waals surface area contributed by atoms with E-state index in [0.29, 0.717) is 25.1 Å². The molecule has 2 amide bonds. The molecule has 1 saturated heterocycles. The predicted molar refractivity (Wildman–Crippen MR) is 101 cm³/mol. The minimum absolute atomic E-state index is 0.00955. The number of nitrogen functional groups attached to an aromatic ring is 1. The van der Waals surface area contributed by atoms with Crippen LogP contribution in [0.4, 0.5) is 17.1 Å². The van der Waals surface area contributed by atoms with Crippen molar-refractivity contribution in [1.29, 1.82) is 0 Å². The molecule has 140 valence electrons. The summed E-state index contributed by atoms with van der Waals surface area (Å²) in [6.45, 7) is 0.780. The number of amides is 2. The van der Waals surface area contributed by atoms with Crippen molar-refractivity contribution >= 4 is 28.9 Å². The van der Waals surface area contributed by atoms with E-state index in [1.54, 1.807) is 17.0 Å². The van der Waals surface area contributed by atoms with Crippen molar-refractivity contribution in [2.75, 3.05) is 24.1 Å². The molecule has 27 heavy (non-hydrogen) atoms. The largest absolute Gasteiger partial charge is 0.393 e. The van der Waals surface area contributed by atoms with Gasteiger partial charge in [0.1, 0.15) is 5.69 Å². The molecule has 1 heterocycles. The lowest BCUT2D eigenvalue weighted by atomic mass is 9.96. The van der Waals surface area contributed by atoms with E-state index >= 15 is 0 Å². The average molecular weight is 368 g/mol. The Kier molecular flexibility index (Phi) is 5.35. The molecule has 2 aromatic rings. The average Bonchev–Trinajstić information content (AvgIpc) is 2.68. The fourth-order valence-corrected chi connectivity index (χ4v) is 3.16. The Hall–Kier alpha value is -3.42. The number of nitrogens with zero attached hydrogens (tertiary/aromatic N) is 2. The van der Waals surface area contributed by atoms with Gasteiger partial charge in [0.05, 0.1) is 10.8 Å². The Morgan fingerprint density at radius 1 is 1.19 bits per heavy atom. The molecule has 1 atom stereocenters. The topological polar surface area (TPSA) is 119 Å². The van der Waals surface area contributed by atoms with E-state index in [1.165, 1.54) is 18.2 Å². The number of nitro benzene ring substituents is 1. The van der Waals surface area contributed by atoms with Gasteiger partial charge in [0.15, 0.2) is 0 Å². The summed E-state index contributed by atoms with van der Waals surface area (Å²) in [4.78, 5) is 37.2. The fourth-order valence-electron chi connectivity index (χ4n) is 3.16. The number of piperidine rings is 1. The molecule has 3 N–H and O–H groups in total. The van der Waals surface area contributed by atoms with Crippen molar-refractivity contribution in [2.24, 2.45) is 5.92 Å². The summed E-state index contributed by atoms with van der Waals surface area (Å²) >= 11 is 0. The molecule has 1 fully saturated rings.